The first-order chi connectivity index (χ1) is 8.91. The van der Waals surface area contributed by atoms with Crippen molar-refractivity contribution in [2.24, 2.45) is 5.92 Å². The third-order valence-electron chi connectivity index (χ3n) is 3.01. The van der Waals surface area contributed by atoms with Crippen molar-refractivity contribution < 1.29 is 14.7 Å². The summed E-state index contributed by atoms with van der Waals surface area (Å²) in [5.41, 5.74) is 0.544. The number of carbonyl (C=O) groups excluding carboxylic acids is 1. The Morgan fingerprint density at radius 2 is 1.63 bits per heavy atom. The van der Waals surface area contributed by atoms with Gasteiger partial charge in [0.05, 0.1) is 0 Å². The molecule has 1 rings (SSSR count). The Balaban J connectivity index is 2.70. The summed E-state index contributed by atoms with van der Waals surface area (Å²) in [6.07, 6.45) is 0. The third-order valence-corrected chi connectivity index (χ3v) is 3.01. The quantitative estimate of drug-likeness (QED) is 0.762. The second-order valence-corrected chi connectivity index (χ2v) is 4.83. The number of rotatable bonds is 5. The number of urea groups is 1. The van der Waals surface area contributed by atoms with Crippen molar-refractivity contribution in [1.29, 1.82) is 0 Å². The van der Waals surface area contributed by atoms with Crippen molar-refractivity contribution in [1.82, 2.24) is 10.6 Å². The number of hydrogen-bond acceptors (Lipinski definition) is 2. The lowest BCUT2D eigenvalue weighted by atomic mass is 10.1. The minimum Gasteiger partial charge on any atom is -0.479 e. The number of benzene rings is 1. The normalized spacial score (nSPS) is 13.7. The molecule has 0 aliphatic heterocycles. The molecular formula is C14H20N2O3. The Labute approximate surface area is 113 Å². The minimum atomic E-state index is -1.08. The average molecular weight is 264 g/mol. The molecular weight excluding hydrogens is 244 g/mol. The zero-order chi connectivity index (χ0) is 14.4. The van der Waals surface area contributed by atoms with Crippen molar-refractivity contribution in [2.75, 3.05) is 0 Å². The number of aliphatic carboxylic acids is 1. The SMILES string of the molecule is CC(C)C(C)NC(=O)N[C@@H](C(=O)O)c1ccccc1. The van der Waals surface area contributed by atoms with Crippen molar-refractivity contribution in [3.63, 3.8) is 0 Å². The Kier molecular flexibility index (Phi) is 5.36. The number of hydrogen-bond donors (Lipinski definition) is 3. The van der Waals surface area contributed by atoms with Crippen LogP contribution in [0.15, 0.2) is 30.3 Å². The second kappa shape index (κ2) is 6.78. The van der Waals surface area contributed by atoms with Crippen LogP contribution in [0.2, 0.25) is 0 Å². The smallest absolute Gasteiger partial charge is 0.330 e. The Hall–Kier alpha value is -2.04. The summed E-state index contributed by atoms with van der Waals surface area (Å²) >= 11 is 0. The van der Waals surface area contributed by atoms with Gasteiger partial charge in [0, 0.05) is 6.04 Å². The van der Waals surface area contributed by atoms with Gasteiger partial charge in [-0.2, -0.15) is 0 Å². The van der Waals surface area contributed by atoms with Crippen LogP contribution in [-0.2, 0) is 4.79 Å². The van der Waals surface area contributed by atoms with E-state index in [2.05, 4.69) is 10.6 Å². The van der Waals surface area contributed by atoms with E-state index in [0.717, 1.165) is 0 Å². The van der Waals surface area contributed by atoms with E-state index in [-0.39, 0.29) is 12.0 Å². The van der Waals surface area contributed by atoms with E-state index < -0.39 is 18.0 Å². The molecule has 0 spiro atoms. The summed E-state index contributed by atoms with van der Waals surface area (Å²) in [5, 5.41) is 14.4. The molecule has 0 saturated heterocycles. The van der Waals surface area contributed by atoms with Crippen LogP contribution in [0.5, 0.6) is 0 Å². The summed E-state index contributed by atoms with van der Waals surface area (Å²) in [4.78, 5) is 23.0. The monoisotopic (exact) mass is 264 g/mol. The Morgan fingerprint density at radius 3 is 2.11 bits per heavy atom. The largest absolute Gasteiger partial charge is 0.479 e. The Morgan fingerprint density at radius 1 is 1.05 bits per heavy atom. The van der Waals surface area contributed by atoms with E-state index in [1.165, 1.54) is 0 Å². The molecule has 19 heavy (non-hydrogen) atoms. The van der Waals surface area contributed by atoms with Gasteiger partial charge in [-0.25, -0.2) is 9.59 Å². The highest BCUT2D eigenvalue weighted by molar-refractivity contribution is 5.83. The first kappa shape index (κ1) is 15.0. The van der Waals surface area contributed by atoms with Gasteiger partial charge in [0.25, 0.3) is 0 Å². The molecule has 0 aromatic heterocycles. The highest BCUT2D eigenvalue weighted by Gasteiger charge is 2.22. The molecule has 0 radical (unpaired) electrons. The maximum absolute atomic E-state index is 11.8. The van der Waals surface area contributed by atoms with E-state index in [4.69, 9.17) is 0 Å². The fourth-order valence-electron chi connectivity index (χ4n) is 1.48. The van der Waals surface area contributed by atoms with Gasteiger partial charge in [0.1, 0.15) is 0 Å². The number of carboxylic acids is 1. The van der Waals surface area contributed by atoms with Gasteiger partial charge < -0.3 is 15.7 Å². The highest BCUT2D eigenvalue weighted by Crippen LogP contribution is 2.12. The van der Waals surface area contributed by atoms with Gasteiger partial charge in [0.2, 0.25) is 0 Å². The molecule has 0 heterocycles. The lowest BCUT2D eigenvalue weighted by Gasteiger charge is -2.20. The predicted molar refractivity (Wildman–Crippen MR) is 72.8 cm³/mol. The molecule has 0 aliphatic carbocycles. The Bertz CT molecular complexity index is 432. The highest BCUT2D eigenvalue weighted by atomic mass is 16.4. The molecule has 1 aromatic carbocycles. The number of carboxylic acid groups (broad SMARTS) is 1. The predicted octanol–water partition coefficient (Wildman–Crippen LogP) is 2.16. The van der Waals surface area contributed by atoms with E-state index in [9.17, 15) is 14.7 Å². The molecule has 0 bridgehead atoms. The van der Waals surface area contributed by atoms with Gasteiger partial charge in [-0.1, -0.05) is 44.2 Å². The van der Waals surface area contributed by atoms with Crippen LogP contribution >= 0.6 is 0 Å². The van der Waals surface area contributed by atoms with Gasteiger partial charge in [-0.05, 0) is 18.4 Å². The molecule has 1 unspecified atom stereocenters. The molecule has 3 N–H and O–H groups in total. The van der Waals surface area contributed by atoms with Crippen LogP contribution < -0.4 is 10.6 Å². The first-order valence-electron chi connectivity index (χ1n) is 6.26. The standard InChI is InChI=1S/C14H20N2O3/c1-9(2)10(3)15-14(19)16-12(13(17)18)11-7-5-4-6-8-11/h4-10,12H,1-3H3,(H,17,18)(H2,15,16,19)/t10?,12-/m1/s1. The lowest BCUT2D eigenvalue weighted by Crippen LogP contribution is -2.45. The summed E-state index contributed by atoms with van der Waals surface area (Å²) < 4.78 is 0. The van der Waals surface area contributed by atoms with Crippen molar-refractivity contribution >= 4 is 12.0 Å². The molecule has 0 saturated carbocycles. The van der Waals surface area contributed by atoms with Crippen molar-refractivity contribution in [2.45, 2.75) is 32.9 Å². The van der Waals surface area contributed by atoms with Gasteiger partial charge in [0.15, 0.2) is 6.04 Å². The van der Waals surface area contributed by atoms with Crippen molar-refractivity contribution in [3.8, 4) is 0 Å². The number of nitrogens with one attached hydrogen (secondary N) is 2. The van der Waals surface area contributed by atoms with E-state index in [1.807, 2.05) is 20.8 Å². The fraction of sp³-hybridized carbons (Fsp3) is 0.429. The summed E-state index contributed by atoms with van der Waals surface area (Å²) in [5.74, 6) is -0.802. The van der Waals surface area contributed by atoms with E-state index >= 15 is 0 Å². The zero-order valence-corrected chi connectivity index (χ0v) is 11.4. The topological polar surface area (TPSA) is 78.4 Å². The molecule has 5 heteroatoms. The van der Waals surface area contributed by atoms with Gasteiger partial charge >= 0.3 is 12.0 Å². The second-order valence-electron chi connectivity index (χ2n) is 4.83. The molecule has 2 amide bonds. The van der Waals surface area contributed by atoms with Crippen LogP contribution in [0.4, 0.5) is 4.79 Å². The van der Waals surface area contributed by atoms with Crippen LogP contribution in [-0.4, -0.2) is 23.1 Å². The zero-order valence-electron chi connectivity index (χ0n) is 11.4. The lowest BCUT2D eigenvalue weighted by molar-refractivity contribution is -0.139. The third kappa shape index (κ3) is 4.62. The maximum Gasteiger partial charge on any atom is 0.330 e. The van der Waals surface area contributed by atoms with Crippen LogP contribution in [0.1, 0.15) is 32.4 Å². The van der Waals surface area contributed by atoms with Gasteiger partial charge in [-0.15, -0.1) is 0 Å². The summed E-state index contributed by atoms with van der Waals surface area (Å²) in [6.45, 7) is 5.84. The van der Waals surface area contributed by atoms with Gasteiger partial charge in [-0.3, -0.25) is 0 Å². The average Bonchev–Trinajstić information content (AvgIpc) is 2.36. The maximum atomic E-state index is 11.8. The van der Waals surface area contributed by atoms with Crippen LogP contribution in [0, 0.1) is 5.92 Å². The number of carbonyl (C=O) groups is 2. The van der Waals surface area contributed by atoms with Crippen LogP contribution in [0.25, 0.3) is 0 Å². The molecule has 1 aromatic rings. The molecule has 0 fully saturated rings. The van der Waals surface area contributed by atoms with E-state index in [0.29, 0.717) is 5.56 Å². The molecule has 0 aliphatic rings. The summed E-state index contributed by atoms with van der Waals surface area (Å²) in [7, 11) is 0. The minimum absolute atomic E-state index is 0.0229. The number of amides is 2. The first-order valence-corrected chi connectivity index (χ1v) is 6.26. The molecule has 104 valence electrons. The fourth-order valence-corrected chi connectivity index (χ4v) is 1.48. The summed E-state index contributed by atoms with van der Waals surface area (Å²) in [6, 6.07) is 7.07. The van der Waals surface area contributed by atoms with Crippen molar-refractivity contribution in [3.05, 3.63) is 35.9 Å². The molecule has 2 atom stereocenters. The van der Waals surface area contributed by atoms with Crippen LogP contribution in [0.3, 0.4) is 0 Å². The van der Waals surface area contributed by atoms with E-state index in [1.54, 1.807) is 30.3 Å². The molecule has 5 nitrogen and oxygen atoms in total.